The number of nitrogens with zero attached hydrogens (tertiary/aromatic N) is 1. The van der Waals surface area contributed by atoms with E-state index in [1.807, 2.05) is 30.3 Å². The Labute approximate surface area is 105 Å². The molecule has 0 bridgehead atoms. The molecule has 0 unspecified atom stereocenters. The van der Waals surface area contributed by atoms with Gasteiger partial charge in [0.25, 0.3) is 0 Å². The average Bonchev–Trinajstić information content (AvgIpc) is 2.14. The van der Waals surface area contributed by atoms with Crippen molar-refractivity contribution in [3.63, 3.8) is 0 Å². The van der Waals surface area contributed by atoms with Gasteiger partial charge in [0.1, 0.15) is 0 Å². The van der Waals surface area contributed by atoms with Crippen molar-refractivity contribution in [1.29, 1.82) is 5.26 Å². The van der Waals surface area contributed by atoms with Crippen molar-refractivity contribution in [2.45, 2.75) is 19.6 Å². The van der Waals surface area contributed by atoms with E-state index in [1.165, 1.54) is 0 Å². The van der Waals surface area contributed by atoms with E-state index in [2.05, 4.69) is 25.7 Å². The first kappa shape index (κ1) is 14.4. The first-order valence-electron chi connectivity index (χ1n) is 4.54. The van der Waals surface area contributed by atoms with Gasteiger partial charge in [0.2, 0.25) is 0 Å². The van der Waals surface area contributed by atoms with Gasteiger partial charge in [-0.3, -0.25) is 0 Å². The van der Waals surface area contributed by atoms with E-state index < -0.39 is 8.32 Å². The van der Waals surface area contributed by atoms with Crippen LogP contribution in [0.15, 0.2) is 30.3 Å². The molecule has 1 rings (SSSR count). The van der Waals surface area contributed by atoms with Crippen molar-refractivity contribution in [2.24, 2.45) is 0 Å². The molecule has 0 aliphatic carbocycles. The Morgan fingerprint density at radius 1 is 1.20 bits per heavy atom. The molecule has 0 spiro atoms. The molecule has 0 N–H and O–H groups in total. The maximum absolute atomic E-state index is 8.95. The fourth-order valence-electron chi connectivity index (χ4n) is 1.04. The minimum atomic E-state index is -1.68. The number of rotatable bonds is 3. The maximum Gasteiger partial charge on any atom is 1.00 e. The molecule has 4 heteroatoms. The van der Waals surface area contributed by atoms with Gasteiger partial charge in [-0.2, -0.15) is 12.1 Å². The van der Waals surface area contributed by atoms with Crippen molar-refractivity contribution in [3.05, 3.63) is 42.0 Å². The molecule has 0 saturated carbocycles. The zero-order chi connectivity index (χ0) is 10.6. The summed E-state index contributed by atoms with van der Waals surface area (Å²) in [5.41, 5.74) is 0.859. The molecule has 0 saturated heterocycles. The van der Waals surface area contributed by atoms with Crippen molar-refractivity contribution in [3.8, 4) is 6.07 Å². The summed E-state index contributed by atoms with van der Waals surface area (Å²) in [6, 6.07) is 11.6. The second-order valence-corrected chi connectivity index (χ2v) is 8.45. The van der Waals surface area contributed by atoms with Gasteiger partial charge in [-0.25, -0.2) is 5.26 Å². The second kappa shape index (κ2) is 6.05. The average molecular weight is 211 g/mol. The molecule has 0 atom stereocenters. The standard InChI is InChI=1S/C11H14NOSi.Li/c1-14(2,3)13-11(9-12)10-7-5-4-6-8-10;/h4-8H,1-3H3;/q-1;+1. The van der Waals surface area contributed by atoms with E-state index >= 15 is 0 Å². The molecule has 74 valence electrons. The number of benzene rings is 1. The third-order valence-electron chi connectivity index (χ3n) is 1.55. The van der Waals surface area contributed by atoms with Crippen molar-refractivity contribution in [2.75, 3.05) is 0 Å². The Balaban J connectivity index is 0.00000196. The van der Waals surface area contributed by atoms with Crippen molar-refractivity contribution >= 4 is 8.32 Å². The van der Waals surface area contributed by atoms with Gasteiger partial charge < -0.3 is 4.43 Å². The van der Waals surface area contributed by atoms with Crippen molar-refractivity contribution < 1.29 is 23.3 Å². The van der Waals surface area contributed by atoms with Crippen LogP contribution in [0.3, 0.4) is 0 Å². The minimum absolute atomic E-state index is 0. The first-order valence-corrected chi connectivity index (χ1v) is 7.95. The van der Waals surface area contributed by atoms with E-state index in [0.29, 0.717) is 6.10 Å². The van der Waals surface area contributed by atoms with Gasteiger partial charge in [0.05, 0.1) is 6.07 Å². The van der Waals surface area contributed by atoms with Gasteiger partial charge in [-0.1, -0.05) is 6.07 Å². The molecule has 15 heavy (non-hydrogen) atoms. The van der Waals surface area contributed by atoms with Crippen LogP contribution in [-0.4, -0.2) is 8.32 Å². The van der Waals surface area contributed by atoms with Crippen LogP contribution in [0.1, 0.15) is 5.56 Å². The molecule has 1 aromatic carbocycles. The maximum atomic E-state index is 8.95. The van der Waals surface area contributed by atoms with Crippen LogP contribution >= 0.6 is 0 Å². The number of hydrogen-bond donors (Lipinski definition) is 0. The Morgan fingerprint density at radius 2 is 1.73 bits per heavy atom. The topological polar surface area (TPSA) is 33.0 Å². The molecule has 0 aromatic heterocycles. The number of hydrogen-bond acceptors (Lipinski definition) is 2. The molecular formula is C11H14LiNOSi. The summed E-state index contributed by atoms with van der Waals surface area (Å²) < 4.78 is 5.67. The molecule has 1 aromatic rings. The predicted molar refractivity (Wildman–Crippen MR) is 58.8 cm³/mol. The van der Waals surface area contributed by atoms with E-state index in [-0.39, 0.29) is 18.9 Å². The van der Waals surface area contributed by atoms with Crippen LogP contribution < -0.4 is 18.9 Å². The van der Waals surface area contributed by atoms with E-state index in [4.69, 9.17) is 9.69 Å². The summed E-state index contributed by atoms with van der Waals surface area (Å²) in [5.74, 6) is 0. The summed E-state index contributed by atoms with van der Waals surface area (Å²) in [7, 11) is -1.68. The van der Waals surface area contributed by atoms with Crippen LogP contribution in [0, 0.1) is 17.4 Å². The normalized spacial score (nSPS) is 10.0. The van der Waals surface area contributed by atoms with Crippen LogP contribution in [0.2, 0.25) is 19.6 Å². The molecule has 0 aliphatic heterocycles. The van der Waals surface area contributed by atoms with Gasteiger partial charge in [0.15, 0.2) is 8.32 Å². The fourth-order valence-corrected chi connectivity index (χ4v) is 1.82. The fraction of sp³-hybridized carbons (Fsp3) is 0.273. The Hall–Kier alpha value is -0.646. The summed E-state index contributed by atoms with van der Waals surface area (Å²) >= 11 is 0. The summed E-state index contributed by atoms with van der Waals surface area (Å²) in [5, 5.41) is 8.95. The third kappa shape index (κ3) is 5.11. The third-order valence-corrected chi connectivity index (χ3v) is 2.36. The molecule has 0 radical (unpaired) electrons. The molecule has 0 amide bonds. The molecular weight excluding hydrogens is 197 g/mol. The molecule has 2 nitrogen and oxygen atoms in total. The van der Waals surface area contributed by atoms with Crippen LogP contribution in [-0.2, 0) is 4.43 Å². The summed E-state index contributed by atoms with van der Waals surface area (Å²) in [6.07, 6.45) is 0.435. The van der Waals surface area contributed by atoms with E-state index in [0.717, 1.165) is 5.56 Å². The predicted octanol–water partition coefficient (Wildman–Crippen LogP) is -0.0542. The molecule has 0 heterocycles. The van der Waals surface area contributed by atoms with Crippen molar-refractivity contribution in [1.82, 2.24) is 0 Å². The smallest absolute Gasteiger partial charge is 0.436 e. The molecule has 0 fully saturated rings. The van der Waals surface area contributed by atoms with Gasteiger partial charge in [-0.15, -0.1) is 17.7 Å². The summed E-state index contributed by atoms with van der Waals surface area (Å²) in [6.45, 7) is 6.19. The van der Waals surface area contributed by atoms with Crippen LogP contribution in [0.25, 0.3) is 0 Å². The van der Waals surface area contributed by atoms with E-state index in [9.17, 15) is 0 Å². The van der Waals surface area contributed by atoms with Gasteiger partial charge in [-0.05, 0) is 19.6 Å². The number of nitriles is 1. The SMILES string of the molecule is C[Si](C)(C)O[C-](C#N)c1ccccc1.[Li+]. The first-order chi connectivity index (χ1) is 6.53. The Morgan fingerprint density at radius 3 is 2.13 bits per heavy atom. The Kier molecular flexibility index (Phi) is 5.79. The van der Waals surface area contributed by atoms with Gasteiger partial charge >= 0.3 is 18.9 Å². The quantitative estimate of drug-likeness (QED) is 0.518. The van der Waals surface area contributed by atoms with E-state index in [1.54, 1.807) is 0 Å². The zero-order valence-corrected chi connectivity index (χ0v) is 10.7. The zero-order valence-electron chi connectivity index (χ0n) is 9.74. The van der Waals surface area contributed by atoms with Crippen LogP contribution in [0.4, 0.5) is 0 Å². The Bertz CT molecular complexity index is 329. The summed E-state index contributed by atoms with van der Waals surface area (Å²) in [4.78, 5) is 0. The van der Waals surface area contributed by atoms with Gasteiger partial charge in [0, 0.05) is 6.10 Å². The largest absolute Gasteiger partial charge is 1.00 e. The molecule has 0 aliphatic rings. The second-order valence-electron chi connectivity index (χ2n) is 4.02. The monoisotopic (exact) mass is 211 g/mol. The minimum Gasteiger partial charge on any atom is -0.436 e. The van der Waals surface area contributed by atoms with Crippen LogP contribution in [0.5, 0.6) is 0 Å².